The summed E-state index contributed by atoms with van der Waals surface area (Å²) >= 11 is 11.6. The van der Waals surface area contributed by atoms with E-state index in [-0.39, 0.29) is 22.8 Å². The van der Waals surface area contributed by atoms with Gasteiger partial charge in [0.2, 0.25) is 0 Å². The van der Waals surface area contributed by atoms with Crippen LogP contribution in [0.3, 0.4) is 0 Å². The first-order chi connectivity index (χ1) is 8.95. The van der Waals surface area contributed by atoms with Crippen LogP contribution < -0.4 is 0 Å². The zero-order chi connectivity index (χ0) is 14.0. The summed E-state index contributed by atoms with van der Waals surface area (Å²) < 4.78 is 26.0. The van der Waals surface area contributed by atoms with Crippen molar-refractivity contribution in [3.8, 4) is 0 Å². The van der Waals surface area contributed by atoms with Crippen molar-refractivity contribution in [1.82, 2.24) is 0 Å². The molecule has 0 spiro atoms. The number of benzene rings is 2. The van der Waals surface area contributed by atoms with E-state index in [0.717, 1.165) is 18.2 Å². The normalized spacial score (nSPS) is 10.5. The third-order valence-corrected chi connectivity index (χ3v) is 3.27. The van der Waals surface area contributed by atoms with Gasteiger partial charge in [0.15, 0.2) is 5.78 Å². The van der Waals surface area contributed by atoms with Gasteiger partial charge in [-0.1, -0.05) is 23.2 Å². The summed E-state index contributed by atoms with van der Waals surface area (Å²) in [5.74, 6) is -1.71. The van der Waals surface area contributed by atoms with E-state index in [2.05, 4.69) is 0 Å². The molecule has 0 aliphatic rings. The summed E-state index contributed by atoms with van der Waals surface area (Å²) in [4.78, 5) is 12.0. The molecule has 0 fully saturated rings. The quantitative estimate of drug-likeness (QED) is 0.751. The van der Waals surface area contributed by atoms with Crippen LogP contribution in [0.5, 0.6) is 0 Å². The van der Waals surface area contributed by atoms with E-state index in [4.69, 9.17) is 23.2 Å². The Morgan fingerprint density at radius 3 is 2.16 bits per heavy atom. The van der Waals surface area contributed by atoms with Crippen molar-refractivity contribution < 1.29 is 13.6 Å². The van der Waals surface area contributed by atoms with Crippen molar-refractivity contribution in [2.75, 3.05) is 0 Å². The summed E-state index contributed by atoms with van der Waals surface area (Å²) in [6.45, 7) is 0. The molecule has 0 saturated heterocycles. The van der Waals surface area contributed by atoms with Gasteiger partial charge in [-0.15, -0.1) is 0 Å². The van der Waals surface area contributed by atoms with Gasteiger partial charge in [-0.25, -0.2) is 8.78 Å². The van der Waals surface area contributed by atoms with E-state index in [9.17, 15) is 13.6 Å². The molecule has 2 aromatic carbocycles. The molecule has 0 atom stereocenters. The predicted octanol–water partition coefficient (Wildman–Crippen LogP) is 4.70. The lowest BCUT2D eigenvalue weighted by atomic mass is 10.0. The van der Waals surface area contributed by atoms with Gasteiger partial charge < -0.3 is 0 Å². The van der Waals surface area contributed by atoms with Crippen molar-refractivity contribution in [2.24, 2.45) is 0 Å². The summed E-state index contributed by atoms with van der Waals surface area (Å²) in [6.07, 6.45) is -0.105. The Morgan fingerprint density at radius 2 is 1.58 bits per heavy atom. The van der Waals surface area contributed by atoms with Crippen LogP contribution in [0.25, 0.3) is 0 Å². The number of ketones is 1. The third-order valence-electron chi connectivity index (χ3n) is 2.53. The maximum absolute atomic E-state index is 13.0. The molecule has 0 aliphatic heterocycles. The van der Waals surface area contributed by atoms with E-state index in [0.29, 0.717) is 10.6 Å². The van der Waals surface area contributed by atoms with E-state index < -0.39 is 11.6 Å². The van der Waals surface area contributed by atoms with Gasteiger partial charge in [-0.3, -0.25) is 4.79 Å². The summed E-state index contributed by atoms with van der Waals surface area (Å²) in [5, 5.41) is 0.605. The first-order valence-corrected chi connectivity index (χ1v) is 6.14. The van der Waals surface area contributed by atoms with Crippen LogP contribution in [0.15, 0.2) is 36.4 Å². The van der Waals surface area contributed by atoms with Crippen LogP contribution >= 0.6 is 23.2 Å². The molecule has 0 aliphatic carbocycles. The zero-order valence-electron chi connectivity index (χ0n) is 9.59. The van der Waals surface area contributed by atoms with Gasteiger partial charge in [0, 0.05) is 18.1 Å². The number of carbonyl (C=O) groups excluding carboxylic acids is 1. The molecule has 0 radical (unpaired) electrons. The minimum absolute atomic E-state index is 0.105. The molecule has 98 valence electrons. The van der Waals surface area contributed by atoms with Crippen LogP contribution in [-0.4, -0.2) is 5.78 Å². The predicted molar refractivity (Wildman–Crippen MR) is 70.9 cm³/mol. The Balaban J connectivity index is 2.22. The van der Waals surface area contributed by atoms with Gasteiger partial charge in [0.1, 0.15) is 11.6 Å². The third kappa shape index (κ3) is 3.52. The fourth-order valence-corrected chi connectivity index (χ4v) is 1.97. The summed E-state index contributed by atoms with van der Waals surface area (Å²) in [7, 11) is 0. The lowest BCUT2D eigenvalue weighted by molar-refractivity contribution is 0.0993. The number of halogens is 4. The van der Waals surface area contributed by atoms with Gasteiger partial charge >= 0.3 is 0 Å². The molecular weight excluding hydrogens is 293 g/mol. The number of carbonyl (C=O) groups is 1. The van der Waals surface area contributed by atoms with Gasteiger partial charge in [-0.2, -0.15) is 0 Å². The highest BCUT2D eigenvalue weighted by atomic mass is 35.5. The average molecular weight is 301 g/mol. The Morgan fingerprint density at radius 1 is 0.947 bits per heavy atom. The molecule has 0 amide bonds. The lowest BCUT2D eigenvalue weighted by Gasteiger charge is -2.04. The van der Waals surface area contributed by atoms with Gasteiger partial charge in [0.05, 0.1) is 10.0 Å². The smallest absolute Gasteiger partial charge is 0.167 e. The molecule has 0 bridgehead atoms. The maximum atomic E-state index is 13.0. The van der Waals surface area contributed by atoms with E-state index in [1.54, 1.807) is 0 Å². The Labute approximate surface area is 118 Å². The number of rotatable bonds is 3. The SMILES string of the molecule is O=C(Cc1cc(F)cc(F)c1)c1ccc(Cl)c(Cl)c1. The molecular formula is C14H8Cl2F2O. The minimum Gasteiger partial charge on any atom is -0.294 e. The number of hydrogen-bond acceptors (Lipinski definition) is 1. The van der Waals surface area contributed by atoms with Crippen LogP contribution in [-0.2, 0) is 6.42 Å². The Hall–Kier alpha value is -1.45. The summed E-state index contributed by atoms with van der Waals surface area (Å²) in [6, 6.07) is 7.46. The van der Waals surface area contributed by atoms with Crippen molar-refractivity contribution in [3.63, 3.8) is 0 Å². The average Bonchev–Trinajstić information content (AvgIpc) is 2.31. The Kier molecular flexibility index (Phi) is 4.17. The second-order valence-corrected chi connectivity index (χ2v) is 4.82. The van der Waals surface area contributed by atoms with Crippen LogP contribution in [0, 0.1) is 11.6 Å². The zero-order valence-corrected chi connectivity index (χ0v) is 11.1. The molecule has 19 heavy (non-hydrogen) atoms. The highest BCUT2D eigenvalue weighted by Crippen LogP contribution is 2.23. The van der Waals surface area contributed by atoms with Crippen molar-refractivity contribution in [3.05, 3.63) is 69.2 Å². The van der Waals surface area contributed by atoms with Crippen molar-refractivity contribution in [2.45, 2.75) is 6.42 Å². The number of Topliss-reactive ketones (excluding diaryl/α,β-unsaturated/α-hetero) is 1. The minimum atomic E-state index is -0.711. The van der Waals surface area contributed by atoms with Gasteiger partial charge in [0.25, 0.3) is 0 Å². The fraction of sp³-hybridized carbons (Fsp3) is 0.0714. The first-order valence-electron chi connectivity index (χ1n) is 5.39. The van der Waals surface area contributed by atoms with Gasteiger partial charge in [-0.05, 0) is 35.9 Å². The summed E-state index contributed by atoms with van der Waals surface area (Å²) in [5.41, 5.74) is 0.618. The molecule has 0 unspecified atom stereocenters. The molecule has 0 saturated carbocycles. The van der Waals surface area contributed by atoms with Crippen LogP contribution in [0.2, 0.25) is 10.0 Å². The molecule has 2 aromatic rings. The fourth-order valence-electron chi connectivity index (χ4n) is 1.67. The first kappa shape index (κ1) is 14.0. The van der Waals surface area contributed by atoms with E-state index in [1.807, 2.05) is 0 Å². The second kappa shape index (κ2) is 5.68. The lowest BCUT2D eigenvalue weighted by Crippen LogP contribution is -2.04. The molecule has 0 aromatic heterocycles. The van der Waals surface area contributed by atoms with Crippen molar-refractivity contribution in [1.29, 1.82) is 0 Å². The molecule has 2 rings (SSSR count). The second-order valence-electron chi connectivity index (χ2n) is 4.01. The molecule has 1 nitrogen and oxygen atoms in total. The highest BCUT2D eigenvalue weighted by molar-refractivity contribution is 6.42. The van der Waals surface area contributed by atoms with E-state index in [1.165, 1.54) is 18.2 Å². The Bertz CT molecular complexity index is 621. The van der Waals surface area contributed by atoms with Crippen LogP contribution in [0.1, 0.15) is 15.9 Å². The molecule has 5 heteroatoms. The molecule has 0 N–H and O–H groups in total. The topological polar surface area (TPSA) is 17.1 Å². The largest absolute Gasteiger partial charge is 0.294 e. The standard InChI is InChI=1S/C14H8Cl2F2O/c15-12-2-1-9(6-13(12)16)14(19)5-8-3-10(17)7-11(18)4-8/h1-4,6-7H,5H2. The maximum Gasteiger partial charge on any atom is 0.167 e. The van der Waals surface area contributed by atoms with Crippen molar-refractivity contribution >= 4 is 29.0 Å². The molecule has 0 heterocycles. The van der Waals surface area contributed by atoms with E-state index >= 15 is 0 Å². The monoisotopic (exact) mass is 300 g/mol. The van der Waals surface area contributed by atoms with Crippen LogP contribution in [0.4, 0.5) is 8.78 Å². The highest BCUT2D eigenvalue weighted by Gasteiger charge is 2.10. The number of hydrogen-bond donors (Lipinski definition) is 0.